The lowest BCUT2D eigenvalue weighted by atomic mass is 10.1. The largest absolute Gasteiger partial charge is 0.493 e. The molecule has 2 nitrogen and oxygen atoms in total. The molecule has 0 fully saturated rings. The fourth-order valence-corrected chi connectivity index (χ4v) is 1.17. The predicted molar refractivity (Wildman–Crippen MR) is 52.6 cm³/mol. The highest BCUT2D eigenvalue weighted by Crippen LogP contribution is 2.28. The maximum atomic E-state index is 12.9. The highest BCUT2D eigenvalue weighted by atomic mass is 19.4. The van der Waals surface area contributed by atoms with Crippen LogP contribution >= 0.6 is 0 Å². The summed E-state index contributed by atoms with van der Waals surface area (Å²) in [6.45, 7) is 1.85. The van der Waals surface area contributed by atoms with Gasteiger partial charge in [-0.3, -0.25) is 4.79 Å². The van der Waals surface area contributed by atoms with Crippen LogP contribution in [0.15, 0.2) is 18.2 Å². The third-order valence-corrected chi connectivity index (χ3v) is 1.91. The molecule has 0 radical (unpaired) electrons. The smallest absolute Gasteiger partial charge is 0.455 e. The molecule has 6 heteroatoms. The van der Waals surface area contributed by atoms with Gasteiger partial charge in [0.15, 0.2) is 0 Å². The second-order valence-electron chi connectivity index (χ2n) is 3.32. The Morgan fingerprint density at radius 1 is 1.35 bits per heavy atom. The van der Waals surface area contributed by atoms with Gasteiger partial charge < -0.3 is 4.74 Å². The summed E-state index contributed by atoms with van der Waals surface area (Å²) in [5.74, 6) is -3.17. The van der Waals surface area contributed by atoms with Gasteiger partial charge in [-0.15, -0.1) is 0 Å². The minimum atomic E-state index is -5.00. The number of alkyl halides is 3. The first kappa shape index (κ1) is 13.5. The minimum Gasteiger partial charge on any atom is -0.493 e. The van der Waals surface area contributed by atoms with Crippen LogP contribution in [-0.2, 0) is 0 Å². The molecule has 0 amide bonds. The quantitative estimate of drug-likeness (QED) is 0.605. The Morgan fingerprint density at radius 3 is 2.53 bits per heavy atom. The SMILES string of the molecule is CCCOc1cc(F)ccc1C(=O)C(F)(F)F. The second kappa shape index (κ2) is 5.16. The molecule has 1 aromatic carbocycles. The van der Waals surface area contributed by atoms with Gasteiger partial charge >= 0.3 is 6.18 Å². The van der Waals surface area contributed by atoms with Gasteiger partial charge in [-0.05, 0) is 18.6 Å². The summed E-state index contributed by atoms with van der Waals surface area (Å²) in [6, 6.07) is 2.34. The molecule has 0 bridgehead atoms. The topological polar surface area (TPSA) is 26.3 Å². The van der Waals surface area contributed by atoms with Crippen molar-refractivity contribution in [2.45, 2.75) is 19.5 Å². The summed E-state index contributed by atoms with van der Waals surface area (Å²) in [5, 5.41) is 0. The Kier molecular flexibility index (Phi) is 4.09. The van der Waals surface area contributed by atoms with E-state index in [1.807, 2.05) is 0 Å². The zero-order valence-electron chi connectivity index (χ0n) is 8.97. The monoisotopic (exact) mass is 250 g/mol. The fraction of sp³-hybridized carbons (Fsp3) is 0.364. The average Bonchev–Trinajstić information content (AvgIpc) is 2.24. The van der Waals surface area contributed by atoms with Gasteiger partial charge in [0.1, 0.15) is 11.6 Å². The second-order valence-corrected chi connectivity index (χ2v) is 3.32. The van der Waals surface area contributed by atoms with E-state index in [9.17, 15) is 22.4 Å². The van der Waals surface area contributed by atoms with E-state index in [-0.39, 0.29) is 12.4 Å². The van der Waals surface area contributed by atoms with E-state index < -0.39 is 23.3 Å². The van der Waals surface area contributed by atoms with Crippen molar-refractivity contribution in [3.63, 3.8) is 0 Å². The van der Waals surface area contributed by atoms with E-state index in [1.165, 1.54) is 0 Å². The molecule has 0 N–H and O–H groups in total. The van der Waals surface area contributed by atoms with Crippen molar-refractivity contribution in [1.82, 2.24) is 0 Å². The van der Waals surface area contributed by atoms with Crippen molar-refractivity contribution in [1.29, 1.82) is 0 Å². The summed E-state index contributed by atoms with van der Waals surface area (Å²) in [5.41, 5.74) is -0.674. The lowest BCUT2D eigenvalue weighted by molar-refractivity contribution is -0.0886. The van der Waals surface area contributed by atoms with Gasteiger partial charge in [-0.1, -0.05) is 6.92 Å². The molecule has 0 aromatic heterocycles. The summed E-state index contributed by atoms with van der Waals surface area (Å²) in [7, 11) is 0. The van der Waals surface area contributed by atoms with Crippen LogP contribution in [0.25, 0.3) is 0 Å². The third kappa shape index (κ3) is 3.44. The van der Waals surface area contributed by atoms with Crippen LogP contribution in [0.2, 0.25) is 0 Å². The summed E-state index contributed by atoms with van der Waals surface area (Å²) >= 11 is 0. The van der Waals surface area contributed by atoms with Crippen molar-refractivity contribution in [3.05, 3.63) is 29.6 Å². The van der Waals surface area contributed by atoms with Crippen molar-refractivity contribution in [2.24, 2.45) is 0 Å². The number of hydrogen-bond acceptors (Lipinski definition) is 2. The van der Waals surface area contributed by atoms with Crippen molar-refractivity contribution >= 4 is 5.78 Å². The molecule has 1 aromatic rings. The first-order valence-corrected chi connectivity index (χ1v) is 4.90. The number of hydrogen-bond donors (Lipinski definition) is 0. The lowest BCUT2D eigenvalue weighted by Crippen LogP contribution is -2.23. The number of carbonyl (C=O) groups is 1. The normalized spacial score (nSPS) is 11.4. The predicted octanol–water partition coefficient (Wildman–Crippen LogP) is 3.36. The number of Topliss-reactive ketones (excluding diaryl/α,β-unsaturated/α-hetero) is 1. The molecule has 0 spiro atoms. The Bertz CT molecular complexity index is 412. The third-order valence-electron chi connectivity index (χ3n) is 1.91. The van der Waals surface area contributed by atoms with E-state index in [1.54, 1.807) is 6.92 Å². The van der Waals surface area contributed by atoms with Crippen molar-refractivity contribution in [2.75, 3.05) is 6.61 Å². The first-order valence-electron chi connectivity index (χ1n) is 4.90. The number of carbonyl (C=O) groups excluding carboxylic acids is 1. The Hall–Kier alpha value is -1.59. The maximum absolute atomic E-state index is 12.9. The van der Waals surface area contributed by atoms with Gasteiger partial charge in [0.2, 0.25) is 0 Å². The molecule has 0 aliphatic carbocycles. The van der Waals surface area contributed by atoms with Gasteiger partial charge in [-0.2, -0.15) is 13.2 Å². The summed E-state index contributed by atoms with van der Waals surface area (Å²) in [4.78, 5) is 11.0. The van der Waals surface area contributed by atoms with E-state index in [2.05, 4.69) is 0 Å². The van der Waals surface area contributed by atoms with Crippen molar-refractivity contribution < 1.29 is 27.1 Å². The van der Waals surface area contributed by atoms with Crippen LogP contribution in [0.3, 0.4) is 0 Å². The molecular formula is C11H10F4O2. The van der Waals surface area contributed by atoms with Crippen LogP contribution in [-0.4, -0.2) is 18.6 Å². The number of ketones is 1. The number of ether oxygens (including phenoxy) is 1. The number of benzene rings is 1. The fourth-order valence-electron chi connectivity index (χ4n) is 1.17. The van der Waals surface area contributed by atoms with Crippen LogP contribution < -0.4 is 4.74 Å². The van der Waals surface area contributed by atoms with E-state index >= 15 is 0 Å². The molecule has 1 rings (SSSR count). The Balaban J connectivity index is 3.10. The van der Waals surface area contributed by atoms with Gasteiger partial charge in [0.05, 0.1) is 12.2 Å². The molecule has 0 aliphatic heterocycles. The standard InChI is InChI=1S/C11H10F4O2/c1-2-5-17-9-6-7(12)3-4-8(9)10(16)11(13,14)15/h3-4,6H,2,5H2,1H3. The average molecular weight is 250 g/mol. The first-order chi connectivity index (χ1) is 7.86. The van der Waals surface area contributed by atoms with E-state index in [0.29, 0.717) is 6.42 Å². The minimum absolute atomic E-state index is 0.113. The highest BCUT2D eigenvalue weighted by Gasteiger charge is 2.40. The molecule has 0 aliphatic rings. The molecule has 0 saturated carbocycles. The van der Waals surface area contributed by atoms with E-state index in [4.69, 9.17) is 4.74 Å². The van der Waals surface area contributed by atoms with Gasteiger partial charge in [-0.25, -0.2) is 4.39 Å². The summed E-state index contributed by atoms with van der Waals surface area (Å²) < 4.78 is 54.5. The van der Waals surface area contributed by atoms with Crippen LogP contribution in [0, 0.1) is 5.82 Å². The Labute approximate surface area is 95.2 Å². The molecule has 0 saturated heterocycles. The number of halogens is 4. The van der Waals surface area contributed by atoms with Gasteiger partial charge in [0.25, 0.3) is 5.78 Å². The van der Waals surface area contributed by atoms with Gasteiger partial charge in [0, 0.05) is 6.07 Å². The molecule has 0 unspecified atom stereocenters. The molecular weight excluding hydrogens is 240 g/mol. The van der Waals surface area contributed by atoms with E-state index in [0.717, 1.165) is 18.2 Å². The lowest BCUT2D eigenvalue weighted by Gasteiger charge is -2.11. The Morgan fingerprint density at radius 2 is 2.00 bits per heavy atom. The maximum Gasteiger partial charge on any atom is 0.455 e. The zero-order chi connectivity index (χ0) is 13.1. The highest BCUT2D eigenvalue weighted by molar-refractivity contribution is 6.02. The molecule has 94 valence electrons. The van der Waals surface area contributed by atoms with Crippen molar-refractivity contribution in [3.8, 4) is 5.75 Å². The van der Waals surface area contributed by atoms with Crippen LogP contribution in [0.1, 0.15) is 23.7 Å². The molecule has 17 heavy (non-hydrogen) atoms. The van der Waals surface area contributed by atoms with Crippen LogP contribution in [0.5, 0.6) is 5.75 Å². The number of rotatable bonds is 4. The molecule has 0 atom stereocenters. The molecule has 0 heterocycles. The summed E-state index contributed by atoms with van der Waals surface area (Å²) in [6.07, 6.45) is -4.46. The van der Waals surface area contributed by atoms with Crippen LogP contribution in [0.4, 0.5) is 17.6 Å². The zero-order valence-corrected chi connectivity index (χ0v) is 8.97.